The molecule has 0 N–H and O–H groups in total. The molecule has 0 spiro atoms. The van der Waals surface area contributed by atoms with Gasteiger partial charge < -0.3 is 29.5 Å². The van der Waals surface area contributed by atoms with Crippen LogP contribution in [0.1, 0.15) is 6.92 Å². The molecule has 0 saturated carbocycles. The molecule has 23 heavy (non-hydrogen) atoms. The van der Waals surface area contributed by atoms with E-state index in [2.05, 4.69) is 15.3 Å². The van der Waals surface area contributed by atoms with Gasteiger partial charge in [-0.25, -0.2) is 15.3 Å². The van der Waals surface area contributed by atoms with Gasteiger partial charge in [0.1, 0.15) is 0 Å². The monoisotopic (exact) mass is 490 g/mol. The molecule has 0 aliphatic heterocycles. The maximum atomic E-state index is 9.58. The van der Waals surface area contributed by atoms with E-state index in [9.17, 15) is 10.2 Å². The zero-order chi connectivity index (χ0) is 15.1. The number of aromatic nitrogens is 6. The summed E-state index contributed by atoms with van der Waals surface area (Å²) in [6, 6.07) is 5.69. The first kappa shape index (κ1) is 21.2. The fourth-order valence-electron chi connectivity index (χ4n) is 1.85. The molecule has 0 amide bonds. The topological polar surface area (TPSA) is 128 Å². The standard InChI is InChI=1S/C9H10BN6.C3H6O2.O.Re/c1-4-11-14(7-1)10(15-8-2-5-12-15)16-9-3-6-13-16;1-3(5)2-4;;/h1-10H;3H,2H2,1H3;;/q-1;2*-2;/t;3-;;/m.0../s1. The van der Waals surface area contributed by atoms with Gasteiger partial charge in [-0.1, -0.05) is 6.92 Å². The van der Waals surface area contributed by atoms with Crippen LogP contribution in [-0.2, 0) is 25.9 Å². The first-order valence-electron chi connectivity index (χ1n) is 6.61. The van der Waals surface area contributed by atoms with E-state index < -0.39 is 19.8 Å². The van der Waals surface area contributed by atoms with Crippen LogP contribution in [0.5, 0.6) is 0 Å². The molecule has 1 radical (unpaired) electrons. The summed E-state index contributed by atoms with van der Waals surface area (Å²) in [6.07, 6.45) is 10.1. The second-order valence-electron chi connectivity index (χ2n) is 4.54. The van der Waals surface area contributed by atoms with Crippen molar-refractivity contribution in [3.05, 3.63) is 55.4 Å². The summed E-state index contributed by atoms with van der Waals surface area (Å²) in [7, 11) is -1.12. The average Bonchev–Trinajstić information content (AvgIpc) is 3.24. The van der Waals surface area contributed by atoms with Crippen molar-refractivity contribution in [3.63, 3.8) is 0 Å². The van der Waals surface area contributed by atoms with Crippen molar-refractivity contribution < 1.29 is 36.1 Å². The van der Waals surface area contributed by atoms with Crippen LogP contribution in [0.2, 0.25) is 0 Å². The summed E-state index contributed by atoms with van der Waals surface area (Å²) in [4.78, 5) is 0. The van der Waals surface area contributed by atoms with E-state index in [1.165, 1.54) is 6.92 Å². The molecule has 0 fully saturated rings. The van der Waals surface area contributed by atoms with Crippen LogP contribution in [0.4, 0.5) is 0 Å². The van der Waals surface area contributed by atoms with Crippen LogP contribution in [0.15, 0.2) is 55.4 Å². The SMILES string of the molecule is C[C@H]([O-])C[O-].[O-2].[Re].c1cnn([BH-](n2cccn2)n2cccn2)c1. The third kappa shape index (κ3) is 6.09. The molecule has 9 nitrogen and oxygen atoms in total. The first-order valence-corrected chi connectivity index (χ1v) is 6.61. The summed E-state index contributed by atoms with van der Waals surface area (Å²) < 4.78 is 5.62. The Labute approximate surface area is 147 Å². The summed E-state index contributed by atoms with van der Waals surface area (Å²) >= 11 is 0. The minimum Gasteiger partial charge on any atom is -2.00 e. The maximum absolute atomic E-state index is 9.58. The third-order valence-corrected chi connectivity index (χ3v) is 2.78. The van der Waals surface area contributed by atoms with Gasteiger partial charge in [-0.3, -0.25) is 0 Å². The van der Waals surface area contributed by atoms with Crippen molar-refractivity contribution in [2.24, 2.45) is 0 Å². The van der Waals surface area contributed by atoms with Gasteiger partial charge in [-0.05, 0) is 36.8 Å². The summed E-state index contributed by atoms with van der Waals surface area (Å²) in [6.45, 7) is 0.854. The predicted molar refractivity (Wildman–Crippen MR) is 75.0 cm³/mol. The number of rotatable bonds is 4. The molecule has 0 unspecified atom stereocenters. The van der Waals surface area contributed by atoms with Crippen molar-refractivity contribution >= 4 is 7.12 Å². The Balaban J connectivity index is 0.000000615. The minimum absolute atomic E-state index is 0. The van der Waals surface area contributed by atoms with Gasteiger partial charge >= 0.3 is 7.12 Å². The first-order chi connectivity index (χ1) is 10.2. The molecule has 3 rings (SSSR count). The Morgan fingerprint density at radius 3 is 1.39 bits per heavy atom. The normalized spacial score (nSPS) is 11.0. The Morgan fingerprint density at radius 1 is 0.913 bits per heavy atom. The minimum atomic E-state index is -1.12. The fraction of sp³-hybridized carbons (Fsp3) is 0.250. The van der Waals surface area contributed by atoms with Gasteiger partial charge in [0.05, 0.1) is 0 Å². The van der Waals surface area contributed by atoms with E-state index in [0.29, 0.717) is 0 Å². The Morgan fingerprint density at radius 2 is 1.22 bits per heavy atom. The van der Waals surface area contributed by atoms with Crippen LogP contribution in [0, 0.1) is 0 Å². The molecule has 0 aliphatic carbocycles. The van der Waals surface area contributed by atoms with E-state index >= 15 is 0 Å². The molecule has 1 atom stereocenters. The summed E-state index contributed by atoms with van der Waals surface area (Å²) in [5.74, 6) is 0. The van der Waals surface area contributed by atoms with E-state index in [-0.39, 0.29) is 25.9 Å². The fourth-order valence-corrected chi connectivity index (χ4v) is 1.85. The van der Waals surface area contributed by atoms with Crippen LogP contribution in [0.3, 0.4) is 0 Å². The second kappa shape index (κ2) is 10.9. The molecule has 127 valence electrons. The molecule has 3 aromatic rings. The zero-order valence-electron chi connectivity index (χ0n) is 12.5. The van der Waals surface area contributed by atoms with Crippen molar-refractivity contribution in [3.8, 4) is 0 Å². The van der Waals surface area contributed by atoms with E-state index in [1.807, 2.05) is 50.6 Å². The van der Waals surface area contributed by atoms with E-state index in [0.717, 1.165) is 0 Å². The Kier molecular flexibility index (Phi) is 10.0. The second-order valence-corrected chi connectivity index (χ2v) is 4.54. The molecule has 0 aliphatic rings. The van der Waals surface area contributed by atoms with Gasteiger partial charge in [0, 0.05) is 39.0 Å². The van der Waals surface area contributed by atoms with Crippen LogP contribution >= 0.6 is 0 Å². The molecule has 3 aromatic heterocycles. The van der Waals surface area contributed by atoms with Crippen LogP contribution in [-0.4, -0.2) is 48.9 Å². The van der Waals surface area contributed by atoms with Crippen molar-refractivity contribution in [2.75, 3.05) is 6.61 Å². The molecule has 3 heterocycles. The van der Waals surface area contributed by atoms with Gasteiger partial charge in [0.25, 0.3) is 0 Å². The van der Waals surface area contributed by atoms with Crippen molar-refractivity contribution in [1.82, 2.24) is 29.1 Å². The van der Waals surface area contributed by atoms with E-state index in [4.69, 9.17) is 0 Å². The molecule has 0 bridgehead atoms. The smallest absolute Gasteiger partial charge is 0.325 e. The number of nitrogens with zero attached hydrogens (tertiary/aromatic N) is 6. The number of hydrogen-bond acceptors (Lipinski definition) is 5. The Bertz CT molecular complexity index is 521. The molecule has 0 aromatic carbocycles. The van der Waals surface area contributed by atoms with Crippen molar-refractivity contribution in [2.45, 2.75) is 13.0 Å². The Hall–Kier alpha value is -1.76. The van der Waals surface area contributed by atoms with Gasteiger partial charge in [0.2, 0.25) is 0 Å². The summed E-state index contributed by atoms with van der Waals surface area (Å²) in [5, 5.41) is 31.7. The van der Waals surface area contributed by atoms with Gasteiger partial charge in [0.15, 0.2) is 0 Å². The average molecular weight is 489 g/mol. The quantitative estimate of drug-likeness (QED) is 0.389. The van der Waals surface area contributed by atoms with Crippen molar-refractivity contribution in [1.29, 1.82) is 0 Å². The molecular formula is C12H16BN6O3Re-5. The predicted octanol–water partition coefficient (Wildman–Crippen LogP) is -2.09. The van der Waals surface area contributed by atoms with Gasteiger partial charge in [-0.15, -0.1) is 6.10 Å². The molecule has 11 heteroatoms. The maximum Gasteiger partial charge on any atom is 0.325 e. The van der Waals surface area contributed by atoms with Crippen LogP contribution < -0.4 is 10.2 Å². The zero-order valence-corrected chi connectivity index (χ0v) is 15.2. The van der Waals surface area contributed by atoms with Crippen LogP contribution in [0.25, 0.3) is 0 Å². The third-order valence-electron chi connectivity index (χ3n) is 2.78. The molecule has 0 saturated heterocycles. The summed E-state index contributed by atoms with van der Waals surface area (Å²) in [5.41, 5.74) is 0. The number of hydrogen-bond donors (Lipinski definition) is 0. The van der Waals surface area contributed by atoms with Gasteiger partial charge in [-0.2, -0.15) is 6.61 Å². The molecular weight excluding hydrogens is 473 g/mol. The van der Waals surface area contributed by atoms with E-state index in [1.54, 1.807) is 18.6 Å². The largest absolute Gasteiger partial charge is 2.00 e.